The topological polar surface area (TPSA) is 83.5 Å². The number of carbonyl (C=O) groups is 1. The predicted octanol–water partition coefficient (Wildman–Crippen LogP) is 1.74. The largest absolute Gasteiger partial charge is 0.480 e. The van der Waals surface area contributed by atoms with Crippen LogP contribution in [0.15, 0.2) is 0 Å². The molecule has 0 heterocycles. The smallest absolute Gasteiger partial charge is 0.321 e. The van der Waals surface area contributed by atoms with Gasteiger partial charge in [0.25, 0.3) is 0 Å². The van der Waals surface area contributed by atoms with Gasteiger partial charge in [0, 0.05) is 0 Å². The van der Waals surface area contributed by atoms with Crippen LogP contribution in [0, 0.1) is 0 Å². The maximum atomic E-state index is 11.6. The number of hydrogen-bond donors (Lipinski definition) is 2. The molecule has 1 unspecified atom stereocenters. The van der Waals surface area contributed by atoms with Gasteiger partial charge >= 0.3 is 5.97 Å². The molecule has 0 saturated heterocycles. The summed E-state index contributed by atoms with van der Waals surface area (Å²) in [5.41, 5.74) is 0. The summed E-state index contributed by atoms with van der Waals surface area (Å²) in [6.45, 7) is 3.93. The number of hydrogen-bond acceptors (Lipinski definition) is 3. The van der Waals surface area contributed by atoms with E-state index in [9.17, 15) is 13.2 Å². The molecule has 6 heteroatoms. The van der Waals surface area contributed by atoms with Crippen molar-refractivity contribution in [2.75, 3.05) is 5.75 Å². The molecule has 0 aromatic rings. The molecule has 0 fully saturated rings. The van der Waals surface area contributed by atoms with Crippen LogP contribution >= 0.6 is 0 Å². The second kappa shape index (κ2) is 8.47. The normalized spacial score (nSPS) is 13.5. The van der Waals surface area contributed by atoms with Crippen molar-refractivity contribution in [2.24, 2.45) is 0 Å². The lowest BCUT2D eigenvalue weighted by atomic mass is 10.1. The summed E-state index contributed by atoms with van der Waals surface area (Å²) in [5, 5.41) is 8.91. The second-order valence-corrected chi connectivity index (χ2v) is 6.05. The average Bonchev–Trinajstić information content (AvgIpc) is 2.24. The van der Waals surface area contributed by atoms with E-state index >= 15 is 0 Å². The number of sulfonamides is 1. The first-order valence-electron chi connectivity index (χ1n) is 6.15. The van der Waals surface area contributed by atoms with Crippen LogP contribution in [-0.2, 0) is 14.8 Å². The van der Waals surface area contributed by atoms with Gasteiger partial charge in [-0.1, -0.05) is 39.5 Å². The van der Waals surface area contributed by atoms with Gasteiger partial charge in [0.15, 0.2) is 0 Å². The lowest BCUT2D eigenvalue weighted by Crippen LogP contribution is -2.41. The Hall–Kier alpha value is -0.620. The summed E-state index contributed by atoms with van der Waals surface area (Å²) in [7, 11) is -3.46. The predicted molar refractivity (Wildman–Crippen MR) is 67.4 cm³/mol. The van der Waals surface area contributed by atoms with Crippen molar-refractivity contribution in [1.29, 1.82) is 0 Å². The van der Waals surface area contributed by atoms with E-state index in [4.69, 9.17) is 5.11 Å². The molecule has 0 amide bonds. The Labute approximate surface area is 104 Å². The third-order valence-electron chi connectivity index (χ3n) is 2.48. The van der Waals surface area contributed by atoms with Gasteiger partial charge in [-0.3, -0.25) is 4.79 Å². The minimum Gasteiger partial charge on any atom is -0.480 e. The van der Waals surface area contributed by atoms with E-state index in [-0.39, 0.29) is 5.75 Å². The van der Waals surface area contributed by atoms with Crippen molar-refractivity contribution in [3.8, 4) is 0 Å². The second-order valence-electron chi connectivity index (χ2n) is 4.18. The molecule has 0 aromatic carbocycles. The van der Waals surface area contributed by atoms with Gasteiger partial charge in [0.1, 0.15) is 6.04 Å². The van der Waals surface area contributed by atoms with E-state index in [2.05, 4.69) is 4.72 Å². The Bertz CT molecular complexity index is 313. The molecular formula is C11H23NO4S. The third-order valence-corrected chi connectivity index (χ3v) is 3.95. The van der Waals surface area contributed by atoms with Gasteiger partial charge in [-0.25, -0.2) is 13.1 Å². The highest BCUT2D eigenvalue weighted by Crippen LogP contribution is 2.04. The highest BCUT2D eigenvalue weighted by molar-refractivity contribution is 7.89. The van der Waals surface area contributed by atoms with Gasteiger partial charge in [0.05, 0.1) is 5.75 Å². The summed E-state index contributed by atoms with van der Waals surface area (Å²) in [6.07, 6.45) is 4.25. The van der Waals surface area contributed by atoms with Crippen molar-refractivity contribution in [3.05, 3.63) is 0 Å². The molecule has 17 heavy (non-hydrogen) atoms. The fourth-order valence-corrected chi connectivity index (χ4v) is 2.81. The SMILES string of the molecule is CCCCCS(=O)(=O)NC(CCCC)C(=O)O. The first kappa shape index (κ1) is 16.4. The standard InChI is InChI=1S/C11H23NO4S/c1-3-5-7-9-17(15,16)12-10(11(13)14)8-6-4-2/h10,12H,3-9H2,1-2H3,(H,13,14). The fourth-order valence-electron chi connectivity index (χ4n) is 1.46. The lowest BCUT2D eigenvalue weighted by Gasteiger charge is -2.14. The van der Waals surface area contributed by atoms with Gasteiger partial charge < -0.3 is 5.11 Å². The van der Waals surface area contributed by atoms with E-state index in [0.717, 1.165) is 19.3 Å². The van der Waals surface area contributed by atoms with Crippen LogP contribution in [-0.4, -0.2) is 31.3 Å². The van der Waals surface area contributed by atoms with Gasteiger partial charge in [0.2, 0.25) is 10.0 Å². The molecule has 0 spiro atoms. The molecule has 0 aliphatic rings. The first-order chi connectivity index (χ1) is 7.93. The van der Waals surface area contributed by atoms with E-state index in [1.165, 1.54) is 0 Å². The maximum absolute atomic E-state index is 11.6. The van der Waals surface area contributed by atoms with Gasteiger partial charge in [-0.05, 0) is 12.8 Å². The summed E-state index contributed by atoms with van der Waals surface area (Å²) in [5.74, 6) is -1.09. The van der Waals surface area contributed by atoms with E-state index < -0.39 is 22.0 Å². The van der Waals surface area contributed by atoms with Crippen molar-refractivity contribution < 1.29 is 18.3 Å². The molecular weight excluding hydrogens is 242 g/mol. The van der Waals surface area contributed by atoms with Gasteiger partial charge in [-0.15, -0.1) is 0 Å². The number of nitrogens with one attached hydrogen (secondary N) is 1. The molecule has 5 nitrogen and oxygen atoms in total. The van der Waals surface area contributed by atoms with E-state index in [1.807, 2.05) is 13.8 Å². The molecule has 102 valence electrons. The van der Waals surface area contributed by atoms with Crippen LogP contribution in [0.4, 0.5) is 0 Å². The maximum Gasteiger partial charge on any atom is 0.321 e. The fraction of sp³-hybridized carbons (Fsp3) is 0.909. The highest BCUT2D eigenvalue weighted by Gasteiger charge is 2.22. The number of carboxylic acid groups (broad SMARTS) is 1. The summed E-state index contributed by atoms with van der Waals surface area (Å²) in [6, 6.07) is -0.985. The van der Waals surface area contributed by atoms with Crippen LogP contribution in [0.1, 0.15) is 52.4 Å². The zero-order chi connectivity index (χ0) is 13.3. The number of unbranched alkanes of at least 4 members (excludes halogenated alkanes) is 3. The highest BCUT2D eigenvalue weighted by atomic mass is 32.2. The molecule has 0 aliphatic carbocycles. The van der Waals surface area contributed by atoms with Crippen molar-refractivity contribution in [1.82, 2.24) is 4.72 Å². The Balaban J connectivity index is 4.27. The quantitative estimate of drug-likeness (QED) is 0.589. The van der Waals surface area contributed by atoms with E-state index in [1.54, 1.807) is 0 Å². The molecule has 0 saturated carbocycles. The zero-order valence-corrected chi connectivity index (χ0v) is 11.4. The van der Waals surface area contributed by atoms with Crippen LogP contribution < -0.4 is 4.72 Å². The first-order valence-corrected chi connectivity index (χ1v) is 7.81. The summed E-state index contributed by atoms with van der Waals surface area (Å²) >= 11 is 0. The molecule has 0 aromatic heterocycles. The van der Waals surface area contributed by atoms with Gasteiger partial charge in [-0.2, -0.15) is 0 Å². The Morgan fingerprint density at radius 2 is 1.76 bits per heavy atom. The Kier molecular flexibility index (Phi) is 8.16. The summed E-state index contributed by atoms with van der Waals surface area (Å²) in [4.78, 5) is 10.9. The monoisotopic (exact) mass is 265 g/mol. The molecule has 0 radical (unpaired) electrons. The lowest BCUT2D eigenvalue weighted by molar-refractivity contribution is -0.139. The molecule has 1 atom stereocenters. The Morgan fingerprint density at radius 3 is 2.24 bits per heavy atom. The minimum atomic E-state index is -3.46. The number of aliphatic carboxylic acids is 1. The Morgan fingerprint density at radius 1 is 1.18 bits per heavy atom. The van der Waals surface area contributed by atoms with E-state index in [0.29, 0.717) is 19.3 Å². The van der Waals surface area contributed by atoms with Crippen molar-refractivity contribution >= 4 is 16.0 Å². The van der Waals surface area contributed by atoms with Crippen LogP contribution in [0.5, 0.6) is 0 Å². The van der Waals surface area contributed by atoms with Crippen molar-refractivity contribution in [2.45, 2.75) is 58.4 Å². The molecule has 0 bridgehead atoms. The molecule has 2 N–H and O–H groups in total. The van der Waals surface area contributed by atoms with Crippen LogP contribution in [0.3, 0.4) is 0 Å². The average molecular weight is 265 g/mol. The van der Waals surface area contributed by atoms with Crippen molar-refractivity contribution in [3.63, 3.8) is 0 Å². The van der Waals surface area contributed by atoms with Crippen LogP contribution in [0.2, 0.25) is 0 Å². The number of rotatable bonds is 10. The summed E-state index contributed by atoms with van der Waals surface area (Å²) < 4.78 is 25.5. The third kappa shape index (κ3) is 8.15. The van der Waals surface area contributed by atoms with Crippen LogP contribution in [0.25, 0.3) is 0 Å². The minimum absolute atomic E-state index is 0.0107. The number of carboxylic acids is 1. The molecule has 0 aliphatic heterocycles. The zero-order valence-electron chi connectivity index (χ0n) is 10.6. The molecule has 0 rings (SSSR count).